The maximum atomic E-state index is 11.3. The summed E-state index contributed by atoms with van der Waals surface area (Å²) >= 11 is 6.29. The third kappa shape index (κ3) is 2.54. The molecule has 2 aromatic rings. The number of rotatable bonds is 3. The fourth-order valence-corrected chi connectivity index (χ4v) is 3.77. The largest absolute Gasteiger partial charge is 0.356 e. The summed E-state index contributed by atoms with van der Waals surface area (Å²) in [5.74, 6) is 0.116. The first-order chi connectivity index (χ1) is 9.05. The summed E-state index contributed by atoms with van der Waals surface area (Å²) in [5.41, 5.74) is 1.86. The lowest BCUT2D eigenvalue weighted by molar-refractivity contribution is 0.589. The first kappa shape index (κ1) is 12.7. The standard InChI is InChI=1S/C13H13ClN2O2S/c14-13-10-3-1-2-4-11(10)16-12(13)7-15-9-5-6-19(17,18)8-9/h1-6,9,15-16H,7-8H2. The highest BCUT2D eigenvalue weighted by molar-refractivity contribution is 7.94. The molecule has 0 saturated carbocycles. The van der Waals surface area contributed by atoms with Gasteiger partial charge in [-0.25, -0.2) is 8.42 Å². The molecule has 19 heavy (non-hydrogen) atoms. The minimum Gasteiger partial charge on any atom is -0.356 e. The second-order valence-corrected chi connectivity index (χ2v) is 6.92. The van der Waals surface area contributed by atoms with Gasteiger partial charge >= 0.3 is 0 Å². The molecule has 1 aliphatic rings. The van der Waals surface area contributed by atoms with Crippen LogP contribution >= 0.6 is 11.6 Å². The molecule has 6 heteroatoms. The molecule has 0 aliphatic carbocycles. The summed E-state index contributed by atoms with van der Waals surface area (Å²) in [7, 11) is -3.02. The zero-order valence-electron chi connectivity index (χ0n) is 10.1. The number of hydrogen-bond donors (Lipinski definition) is 2. The maximum absolute atomic E-state index is 11.3. The Bertz CT molecular complexity index is 749. The third-order valence-corrected chi connectivity index (χ3v) is 5.01. The summed E-state index contributed by atoms with van der Waals surface area (Å²) < 4.78 is 22.6. The number of H-pyrrole nitrogens is 1. The van der Waals surface area contributed by atoms with Crippen molar-refractivity contribution in [3.8, 4) is 0 Å². The van der Waals surface area contributed by atoms with E-state index in [1.54, 1.807) is 6.08 Å². The van der Waals surface area contributed by atoms with Gasteiger partial charge in [0, 0.05) is 34.6 Å². The van der Waals surface area contributed by atoms with Crippen LogP contribution in [0.5, 0.6) is 0 Å². The van der Waals surface area contributed by atoms with Crippen molar-refractivity contribution < 1.29 is 8.42 Å². The summed E-state index contributed by atoms with van der Waals surface area (Å²) in [6.07, 6.45) is 1.67. The van der Waals surface area contributed by atoms with Crippen molar-refractivity contribution >= 4 is 32.3 Å². The number of halogens is 1. The molecule has 0 spiro atoms. The monoisotopic (exact) mass is 296 g/mol. The predicted molar refractivity (Wildman–Crippen MR) is 76.9 cm³/mol. The van der Waals surface area contributed by atoms with Crippen LogP contribution in [0.25, 0.3) is 10.9 Å². The van der Waals surface area contributed by atoms with Gasteiger partial charge in [-0.2, -0.15) is 0 Å². The van der Waals surface area contributed by atoms with Crippen LogP contribution in [0.1, 0.15) is 5.69 Å². The molecule has 1 unspecified atom stereocenters. The molecule has 0 amide bonds. The fraction of sp³-hybridized carbons (Fsp3) is 0.231. The van der Waals surface area contributed by atoms with Crippen LogP contribution in [0, 0.1) is 0 Å². The lowest BCUT2D eigenvalue weighted by Gasteiger charge is -2.08. The Morgan fingerprint density at radius 2 is 2.16 bits per heavy atom. The summed E-state index contributed by atoms with van der Waals surface area (Å²) in [6.45, 7) is 0.512. The molecular weight excluding hydrogens is 284 g/mol. The Morgan fingerprint density at radius 1 is 1.37 bits per heavy atom. The van der Waals surface area contributed by atoms with E-state index in [1.807, 2.05) is 24.3 Å². The van der Waals surface area contributed by atoms with Crippen molar-refractivity contribution in [2.75, 3.05) is 5.75 Å². The zero-order valence-corrected chi connectivity index (χ0v) is 11.6. The first-order valence-electron chi connectivity index (χ1n) is 5.94. The predicted octanol–water partition coefficient (Wildman–Crippen LogP) is 2.22. The zero-order chi connectivity index (χ0) is 13.5. The summed E-state index contributed by atoms with van der Waals surface area (Å²) in [5, 5.41) is 6.10. The van der Waals surface area contributed by atoms with Crippen molar-refractivity contribution in [1.29, 1.82) is 0 Å². The van der Waals surface area contributed by atoms with Crippen molar-refractivity contribution in [3.63, 3.8) is 0 Å². The lowest BCUT2D eigenvalue weighted by atomic mass is 10.2. The van der Waals surface area contributed by atoms with Gasteiger partial charge in [-0.1, -0.05) is 35.9 Å². The molecule has 1 aromatic carbocycles. The van der Waals surface area contributed by atoms with E-state index in [4.69, 9.17) is 11.6 Å². The van der Waals surface area contributed by atoms with Gasteiger partial charge in [0.05, 0.1) is 10.8 Å². The van der Waals surface area contributed by atoms with Crippen molar-refractivity contribution in [2.45, 2.75) is 12.6 Å². The maximum Gasteiger partial charge on any atom is 0.173 e. The van der Waals surface area contributed by atoms with E-state index in [1.165, 1.54) is 5.41 Å². The highest BCUT2D eigenvalue weighted by Gasteiger charge is 2.21. The van der Waals surface area contributed by atoms with Crippen LogP contribution in [0.3, 0.4) is 0 Å². The van der Waals surface area contributed by atoms with Crippen LogP contribution in [0.2, 0.25) is 5.02 Å². The van der Waals surface area contributed by atoms with Crippen molar-refractivity contribution in [1.82, 2.24) is 10.3 Å². The Kier molecular flexibility index (Phi) is 3.12. The first-order valence-corrected chi connectivity index (χ1v) is 8.04. The molecule has 0 fully saturated rings. The molecule has 0 saturated heterocycles. The van der Waals surface area contributed by atoms with Crippen LogP contribution in [0.15, 0.2) is 35.7 Å². The van der Waals surface area contributed by atoms with Crippen LogP contribution in [-0.2, 0) is 16.4 Å². The number of hydrogen-bond acceptors (Lipinski definition) is 3. The van der Waals surface area contributed by atoms with Gasteiger partial charge < -0.3 is 10.3 Å². The van der Waals surface area contributed by atoms with Gasteiger partial charge in [-0.3, -0.25) is 0 Å². The Morgan fingerprint density at radius 3 is 2.84 bits per heavy atom. The summed E-state index contributed by atoms with van der Waals surface area (Å²) in [4.78, 5) is 3.24. The van der Waals surface area contributed by atoms with E-state index in [9.17, 15) is 8.42 Å². The molecule has 100 valence electrons. The smallest absolute Gasteiger partial charge is 0.173 e. The second-order valence-electron chi connectivity index (χ2n) is 4.61. The highest BCUT2D eigenvalue weighted by Crippen LogP contribution is 2.27. The lowest BCUT2D eigenvalue weighted by Crippen LogP contribution is -2.29. The minimum atomic E-state index is -3.02. The number of aromatic amines is 1. The SMILES string of the molecule is O=S1(=O)C=CC(NCc2[nH]c3ccccc3c2Cl)C1. The molecule has 0 bridgehead atoms. The van der Waals surface area contributed by atoms with Crippen molar-refractivity contribution in [3.05, 3.63) is 46.5 Å². The third-order valence-electron chi connectivity index (χ3n) is 3.19. The van der Waals surface area contributed by atoms with E-state index in [0.717, 1.165) is 16.6 Å². The number of nitrogens with one attached hydrogen (secondary N) is 2. The molecule has 1 aromatic heterocycles. The van der Waals surface area contributed by atoms with E-state index in [-0.39, 0.29) is 11.8 Å². The molecular formula is C13H13ClN2O2S. The van der Waals surface area contributed by atoms with Gasteiger partial charge in [-0.05, 0) is 6.07 Å². The topological polar surface area (TPSA) is 62.0 Å². The van der Waals surface area contributed by atoms with Gasteiger partial charge in [0.15, 0.2) is 9.84 Å². The van der Waals surface area contributed by atoms with Gasteiger partial charge in [0.2, 0.25) is 0 Å². The fourth-order valence-electron chi connectivity index (χ4n) is 2.22. The van der Waals surface area contributed by atoms with Crippen LogP contribution in [-0.4, -0.2) is 25.2 Å². The number of sulfone groups is 1. The number of para-hydroxylation sites is 1. The normalized spacial score (nSPS) is 21.2. The van der Waals surface area contributed by atoms with Crippen molar-refractivity contribution in [2.24, 2.45) is 0 Å². The number of fused-ring (bicyclic) bond motifs is 1. The molecule has 0 radical (unpaired) electrons. The molecule has 3 rings (SSSR count). The average molecular weight is 297 g/mol. The molecule has 2 N–H and O–H groups in total. The molecule has 1 aliphatic heterocycles. The van der Waals surface area contributed by atoms with Gasteiger partial charge in [0.1, 0.15) is 0 Å². The van der Waals surface area contributed by atoms with E-state index in [0.29, 0.717) is 11.6 Å². The second kappa shape index (κ2) is 4.67. The molecule has 4 nitrogen and oxygen atoms in total. The Balaban J connectivity index is 1.76. The molecule has 1 atom stereocenters. The number of aromatic nitrogens is 1. The van der Waals surface area contributed by atoms with E-state index in [2.05, 4.69) is 10.3 Å². The van der Waals surface area contributed by atoms with Crippen LogP contribution < -0.4 is 5.32 Å². The minimum absolute atomic E-state index is 0.116. The summed E-state index contributed by atoms with van der Waals surface area (Å²) in [6, 6.07) is 7.65. The van der Waals surface area contributed by atoms with E-state index < -0.39 is 9.84 Å². The molecule has 2 heterocycles. The van der Waals surface area contributed by atoms with Crippen LogP contribution in [0.4, 0.5) is 0 Å². The Hall–Kier alpha value is -1.30. The number of benzene rings is 1. The highest BCUT2D eigenvalue weighted by atomic mass is 35.5. The van der Waals surface area contributed by atoms with E-state index >= 15 is 0 Å². The van der Waals surface area contributed by atoms with Gasteiger partial charge in [0.25, 0.3) is 0 Å². The quantitative estimate of drug-likeness (QED) is 0.913. The Labute approximate surface area is 116 Å². The average Bonchev–Trinajstić information content (AvgIpc) is 2.88. The van der Waals surface area contributed by atoms with Gasteiger partial charge in [-0.15, -0.1) is 0 Å².